The predicted molar refractivity (Wildman–Crippen MR) is 48.6 cm³/mol. The maximum atomic E-state index is 12.7. The molecule has 0 aromatic heterocycles. The van der Waals surface area contributed by atoms with Gasteiger partial charge in [0.15, 0.2) is 21.5 Å². The van der Waals surface area contributed by atoms with Crippen LogP contribution in [0.1, 0.15) is 6.42 Å². The molecular weight excluding hydrogens is 224 g/mol. The highest BCUT2D eigenvalue weighted by Gasteiger charge is 2.16. The first kappa shape index (κ1) is 11.6. The number of sulfone groups is 1. The van der Waals surface area contributed by atoms with E-state index in [1.807, 2.05) is 0 Å². The zero-order valence-corrected chi connectivity index (χ0v) is 8.39. The van der Waals surface area contributed by atoms with Crippen LogP contribution >= 0.6 is 0 Å². The van der Waals surface area contributed by atoms with Crippen molar-refractivity contribution in [2.75, 3.05) is 5.75 Å². The summed E-state index contributed by atoms with van der Waals surface area (Å²) < 4.78 is 48.1. The van der Waals surface area contributed by atoms with Gasteiger partial charge in [0.05, 0.1) is 16.7 Å². The molecule has 1 aromatic rings. The molecule has 0 saturated heterocycles. The Morgan fingerprint density at radius 3 is 2.47 bits per heavy atom. The minimum absolute atomic E-state index is 0.179. The van der Waals surface area contributed by atoms with Crippen molar-refractivity contribution in [2.45, 2.75) is 11.3 Å². The third kappa shape index (κ3) is 2.73. The summed E-state index contributed by atoms with van der Waals surface area (Å²) in [7, 11) is -3.69. The van der Waals surface area contributed by atoms with Crippen LogP contribution in [0.2, 0.25) is 0 Å². The van der Waals surface area contributed by atoms with Crippen molar-refractivity contribution in [3.8, 4) is 6.07 Å². The Kier molecular flexibility index (Phi) is 3.37. The largest absolute Gasteiger partial charge is 0.224 e. The Labute approximate surface area is 85.9 Å². The van der Waals surface area contributed by atoms with E-state index in [1.165, 1.54) is 0 Å². The third-order valence-corrected chi connectivity index (χ3v) is 3.45. The molecule has 0 fully saturated rings. The molecule has 1 rings (SSSR count). The van der Waals surface area contributed by atoms with E-state index in [1.54, 1.807) is 6.07 Å². The van der Waals surface area contributed by atoms with E-state index in [9.17, 15) is 17.2 Å². The van der Waals surface area contributed by atoms with Crippen molar-refractivity contribution in [3.05, 3.63) is 29.8 Å². The molecule has 0 saturated carbocycles. The Morgan fingerprint density at radius 2 is 1.93 bits per heavy atom. The second-order valence-corrected chi connectivity index (χ2v) is 4.91. The van der Waals surface area contributed by atoms with Crippen LogP contribution in [0.4, 0.5) is 8.78 Å². The monoisotopic (exact) mass is 231 g/mol. The van der Waals surface area contributed by atoms with E-state index in [2.05, 4.69) is 0 Å². The predicted octanol–water partition coefficient (Wildman–Crippen LogP) is 1.65. The number of benzene rings is 1. The standard InChI is InChI=1S/C9H7F2NO2S/c10-8-3-2-7(6-9(8)11)15(13,14)5-1-4-12/h2-3,6H,1,5H2. The molecule has 15 heavy (non-hydrogen) atoms. The first-order valence-electron chi connectivity index (χ1n) is 4.02. The van der Waals surface area contributed by atoms with Gasteiger partial charge in [0.2, 0.25) is 0 Å². The Morgan fingerprint density at radius 1 is 1.27 bits per heavy atom. The highest BCUT2D eigenvalue weighted by Crippen LogP contribution is 2.15. The number of hydrogen-bond acceptors (Lipinski definition) is 3. The minimum atomic E-state index is -3.69. The Balaban J connectivity index is 3.07. The van der Waals surface area contributed by atoms with E-state index in [-0.39, 0.29) is 11.3 Å². The average Bonchev–Trinajstić information content (AvgIpc) is 2.19. The van der Waals surface area contributed by atoms with Crippen LogP contribution in [-0.4, -0.2) is 14.2 Å². The maximum absolute atomic E-state index is 12.7. The third-order valence-electron chi connectivity index (χ3n) is 1.73. The SMILES string of the molecule is N#CCCS(=O)(=O)c1ccc(F)c(F)c1. The van der Waals surface area contributed by atoms with Crippen molar-refractivity contribution >= 4 is 9.84 Å². The molecule has 0 aliphatic rings. The molecule has 0 aliphatic carbocycles. The van der Waals surface area contributed by atoms with Crippen molar-refractivity contribution in [1.29, 1.82) is 5.26 Å². The lowest BCUT2D eigenvalue weighted by Gasteiger charge is -2.01. The summed E-state index contributed by atoms with van der Waals surface area (Å²) in [5, 5.41) is 8.23. The smallest absolute Gasteiger partial charge is 0.179 e. The summed E-state index contributed by atoms with van der Waals surface area (Å²) in [6.45, 7) is 0. The molecule has 3 nitrogen and oxygen atoms in total. The van der Waals surface area contributed by atoms with Gasteiger partial charge in [-0.15, -0.1) is 0 Å². The molecule has 0 aliphatic heterocycles. The molecule has 0 atom stereocenters. The summed E-state index contributed by atoms with van der Waals surface area (Å²) in [6.07, 6.45) is -0.179. The van der Waals surface area contributed by atoms with Crippen molar-refractivity contribution in [3.63, 3.8) is 0 Å². The molecule has 0 spiro atoms. The van der Waals surface area contributed by atoms with Crippen molar-refractivity contribution < 1.29 is 17.2 Å². The molecule has 0 heterocycles. The van der Waals surface area contributed by atoms with Crippen LogP contribution in [0, 0.1) is 23.0 Å². The fraction of sp³-hybridized carbons (Fsp3) is 0.222. The number of hydrogen-bond donors (Lipinski definition) is 0. The van der Waals surface area contributed by atoms with Crippen LogP contribution in [0.25, 0.3) is 0 Å². The quantitative estimate of drug-likeness (QED) is 0.743. The summed E-state index contributed by atoms with van der Waals surface area (Å²) in [6, 6.07) is 4.01. The Hall–Kier alpha value is -1.48. The Bertz CT molecular complexity index is 505. The van der Waals surface area contributed by atoms with Gasteiger partial charge in [-0.3, -0.25) is 0 Å². The summed E-state index contributed by atoms with van der Waals surface area (Å²) >= 11 is 0. The van der Waals surface area contributed by atoms with Crippen LogP contribution in [0.5, 0.6) is 0 Å². The van der Waals surface area contributed by atoms with Crippen LogP contribution in [0.3, 0.4) is 0 Å². The highest BCUT2D eigenvalue weighted by molar-refractivity contribution is 7.91. The minimum Gasteiger partial charge on any atom is -0.224 e. The van der Waals surface area contributed by atoms with E-state index >= 15 is 0 Å². The second kappa shape index (κ2) is 4.36. The normalized spacial score (nSPS) is 11.0. The molecule has 0 amide bonds. The first-order chi connectivity index (χ1) is 6.97. The van der Waals surface area contributed by atoms with Crippen LogP contribution < -0.4 is 0 Å². The van der Waals surface area contributed by atoms with E-state index in [0.29, 0.717) is 6.07 Å². The zero-order valence-electron chi connectivity index (χ0n) is 7.57. The lowest BCUT2D eigenvalue weighted by molar-refractivity contribution is 0.504. The molecule has 1 aromatic carbocycles. The van der Waals surface area contributed by atoms with Gasteiger partial charge >= 0.3 is 0 Å². The summed E-state index contributed by atoms with van der Waals surface area (Å²) in [5.74, 6) is -2.71. The summed E-state index contributed by atoms with van der Waals surface area (Å²) in [5.41, 5.74) is 0. The molecule has 80 valence electrons. The van der Waals surface area contributed by atoms with E-state index in [0.717, 1.165) is 12.1 Å². The zero-order chi connectivity index (χ0) is 11.5. The molecule has 0 radical (unpaired) electrons. The molecular formula is C9H7F2NO2S. The van der Waals surface area contributed by atoms with Gasteiger partial charge in [-0.2, -0.15) is 5.26 Å². The van der Waals surface area contributed by atoms with Crippen molar-refractivity contribution in [1.82, 2.24) is 0 Å². The maximum Gasteiger partial charge on any atom is 0.179 e. The topological polar surface area (TPSA) is 57.9 Å². The summed E-state index contributed by atoms with van der Waals surface area (Å²) in [4.78, 5) is -0.309. The van der Waals surface area contributed by atoms with Gasteiger partial charge in [0.25, 0.3) is 0 Å². The first-order valence-corrected chi connectivity index (χ1v) is 5.67. The van der Waals surface area contributed by atoms with Crippen LogP contribution in [-0.2, 0) is 9.84 Å². The lowest BCUT2D eigenvalue weighted by Crippen LogP contribution is -2.06. The number of nitriles is 1. The number of nitrogens with zero attached hydrogens (tertiary/aromatic N) is 1. The number of rotatable bonds is 3. The second-order valence-electron chi connectivity index (χ2n) is 2.80. The van der Waals surface area contributed by atoms with Gasteiger partial charge < -0.3 is 0 Å². The van der Waals surface area contributed by atoms with Crippen LogP contribution in [0.15, 0.2) is 23.1 Å². The van der Waals surface area contributed by atoms with Gasteiger partial charge in [0.1, 0.15) is 0 Å². The molecule has 0 bridgehead atoms. The molecule has 0 N–H and O–H groups in total. The fourth-order valence-corrected chi connectivity index (χ4v) is 2.12. The fourth-order valence-electron chi connectivity index (χ4n) is 0.968. The lowest BCUT2D eigenvalue weighted by atomic mass is 10.3. The van der Waals surface area contributed by atoms with Gasteiger partial charge in [0, 0.05) is 6.42 Å². The van der Waals surface area contributed by atoms with Gasteiger partial charge in [-0.1, -0.05) is 0 Å². The number of halogens is 2. The van der Waals surface area contributed by atoms with E-state index in [4.69, 9.17) is 5.26 Å². The van der Waals surface area contributed by atoms with E-state index < -0.39 is 27.2 Å². The van der Waals surface area contributed by atoms with Gasteiger partial charge in [-0.25, -0.2) is 17.2 Å². The average molecular weight is 231 g/mol. The van der Waals surface area contributed by atoms with Crippen molar-refractivity contribution in [2.24, 2.45) is 0 Å². The van der Waals surface area contributed by atoms with Gasteiger partial charge in [-0.05, 0) is 18.2 Å². The highest BCUT2D eigenvalue weighted by atomic mass is 32.2. The molecule has 0 unspecified atom stereocenters. The molecule has 6 heteroatoms.